The molecule has 0 fully saturated rings. The average Bonchev–Trinajstić information content (AvgIpc) is 2.08. The van der Waals surface area contributed by atoms with E-state index in [1.807, 2.05) is 19.1 Å². The van der Waals surface area contributed by atoms with Gasteiger partial charge in [-0.1, -0.05) is 29.8 Å². The molecular weight excluding hydrogens is 256 g/mol. The maximum atomic E-state index is 10.9. The van der Waals surface area contributed by atoms with E-state index in [0.29, 0.717) is 11.7 Å². The van der Waals surface area contributed by atoms with Crippen LogP contribution in [0.4, 0.5) is 0 Å². The van der Waals surface area contributed by atoms with Crippen LogP contribution in [0.3, 0.4) is 0 Å². The zero-order valence-corrected chi connectivity index (χ0v) is 11.0. The number of ether oxygens (including phenoxy) is 1. The summed E-state index contributed by atoms with van der Waals surface area (Å²) >= 11 is 3.51. The number of halogens is 1. The van der Waals surface area contributed by atoms with E-state index in [1.54, 1.807) is 0 Å². The van der Waals surface area contributed by atoms with Crippen LogP contribution in [0.25, 0.3) is 0 Å². The number of rotatable bonds is 2. The summed E-state index contributed by atoms with van der Waals surface area (Å²) in [5.74, 6) is 0.763. The third-order valence-electron chi connectivity index (χ3n) is 2.17. The molecule has 2 nitrogen and oxygen atoms in total. The minimum absolute atomic E-state index is 0.282. The molecule has 0 N–H and O–H groups in total. The highest BCUT2D eigenvalue weighted by atomic mass is 79.9. The molecule has 0 atom stereocenters. The lowest BCUT2D eigenvalue weighted by Crippen LogP contribution is -2.04. The van der Waals surface area contributed by atoms with Crippen molar-refractivity contribution in [2.24, 2.45) is 0 Å². The van der Waals surface area contributed by atoms with Crippen LogP contribution in [0, 0.1) is 6.92 Å². The summed E-state index contributed by atoms with van der Waals surface area (Å²) in [6, 6.07) is 3.90. The van der Waals surface area contributed by atoms with Crippen LogP contribution >= 0.6 is 15.9 Å². The van der Waals surface area contributed by atoms with Gasteiger partial charge in [0.1, 0.15) is 5.75 Å². The van der Waals surface area contributed by atoms with Crippen molar-refractivity contribution >= 4 is 21.9 Å². The Hall–Kier alpha value is -0.830. The molecule has 0 bridgehead atoms. The summed E-state index contributed by atoms with van der Waals surface area (Å²) in [6.45, 7) is 7.55. The molecule has 0 radical (unpaired) electrons. The largest absolute Gasteiger partial charge is 0.426 e. The Labute approximate surface area is 98.8 Å². The van der Waals surface area contributed by atoms with Gasteiger partial charge in [-0.05, 0) is 36.1 Å². The monoisotopic (exact) mass is 270 g/mol. The fourth-order valence-corrected chi connectivity index (χ4v) is 2.29. The number of hydrogen-bond acceptors (Lipinski definition) is 2. The Morgan fingerprint density at radius 2 is 2.00 bits per heavy atom. The van der Waals surface area contributed by atoms with Gasteiger partial charge in [0.15, 0.2) is 0 Å². The third-order valence-corrected chi connectivity index (χ3v) is 2.86. The fourth-order valence-electron chi connectivity index (χ4n) is 1.38. The zero-order chi connectivity index (χ0) is 11.6. The van der Waals surface area contributed by atoms with Crippen LogP contribution in [0.2, 0.25) is 0 Å². The Balaban J connectivity index is 3.17. The van der Waals surface area contributed by atoms with Crippen LogP contribution in [-0.2, 0) is 4.79 Å². The molecule has 0 amide bonds. The molecule has 1 aromatic carbocycles. The Bertz CT molecular complexity index is 383. The van der Waals surface area contributed by atoms with Crippen molar-refractivity contribution in [3.63, 3.8) is 0 Å². The lowest BCUT2D eigenvalue weighted by molar-refractivity contribution is -0.131. The Morgan fingerprint density at radius 1 is 1.40 bits per heavy atom. The number of aryl methyl sites for hydroxylation is 1. The summed E-state index contributed by atoms with van der Waals surface area (Å²) in [4.78, 5) is 10.9. The van der Waals surface area contributed by atoms with E-state index < -0.39 is 0 Å². The van der Waals surface area contributed by atoms with Crippen LogP contribution in [0.1, 0.15) is 37.8 Å². The molecule has 0 aliphatic rings. The van der Waals surface area contributed by atoms with Gasteiger partial charge in [0.25, 0.3) is 0 Å². The van der Waals surface area contributed by atoms with Crippen molar-refractivity contribution in [2.75, 3.05) is 0 Å². The molecule has 15 heavy (non-hydrogen) atoms. The Morgan fingerprint density at radius 3 is 2.47 bits per heavy atom. The van der Waals surface area contributed by atoms with E-state index in [4.69, 9.17) is 4.74 Å². The molecule has 0 aromatic heterocycles. The van der Waals surface area contributed by atoms with Gasteiger partial charge in [-0.15, -0.1) is 0 Å². The summed E-state index contributed by atoms with van der Waals surface area (Å²) < 4.78 is 6.19. The quantitative estimate of drug-likeness (QED) is 0.604. The number of carbonyl (C=O) groups excluding carboxylic acids is 1. The van der Waals surface area contributed by atoms with Gasteiger partial charge >= 0.3 is 5.97 Å². The highest BCUT2D eigenvalue weighted by Gasteiger charge is 2.10. The lowest BCUT2D eigenvalue weighted by Gasteiger charge is -2.13. The summed E-state index contributed by atoms with van der Waals surface area (Å²) in [5, 5.41) is 0. The molecular formula is C12H15BrO2. The van der Waals surface area contributed by atoms with Crippen molar-refractivity contribution in [3.8, 4) is 5.75 Å². The molecule has 0 saturated carbocycles. The smallest absolute Gasteiger partial charge is 0.308 e. The fraction of sp³-hybridized carbons (Fsp3) is 0.417. The molecule has 0 aliphatic heterocycles. The minimum atomic E-state index is -0.282. The highest BCUT2D eigenvalue weighted by molar-refractivity contribution is 9.10. The molecule has 0 spiro atoms. The normalized spacial score (nSPS) is 10.5. The van der Waals surface area contributed by atoms with E-state index in [1.165, 1.54) is 6.92 Å². The second-order valence-electron chi connectivity index (χ2n) is 3.89. The number of hydrogen-bond donors (Lipinski definition) is 0. The molecule has 0 aliphatic carbocycles. The van der Waals surface area contributed by atoms with Crippen molar-refractivity contribution in [1.82, 2.24) is 0 Å². The van der Waals surface area contributed by atoms with Crippen LogP contribution in [0.15, 0.2) is 16.6 Å². The van der Waals surface area contributed by atoms with Gasteiger partial charge in [0.05, 0.1) is 0 Å². The van der Waals surface area contributed by atoms with E-state index in [0.717, 1.165) is 15.6 Å². The molecule has 0 unspecified atom stereocenters. The summed E-state index contributed by atoms with van der Waals surface area (Å²) in [5.41, 5.74) is 2.11. The third kappa shape index (κ3) is 3.06. The zero-order valence-electron chi connectivity index (χ0n) is 9.43. The number of carbonyl (C=O) groups is 1. The first-order valence-electron chi connectivity index (χ1n) is 4.90. The number of esters is 1. The molecule has 0 saturated heterocycles. The second kappa shape index (κ2) is 4.79. The van der Waals surface area contributed by atoms with Gasteiger partial charge in [-0.2, -0.15) is 0 Å². The van der Waals surface area contributed by atoms with Gasteiger partial charge in [0.2, 0.25) is 0 Å². The van der Waals surface area contributed by atoms with Crippen LogP contribution in [0.5, 0.6) is 5.75 Å². The van der Waals surface area contributed by atoms with E-state index >= 15 is 0 Å². The second-order valence-corrected chi connectivity index (χ2v) is 4.74. The van der Waals surface area contributed by atoms with E-state index in [2.05, 4.69) is 29.8 Å². The van der Waals surface area contributed by atoms with Crippen molar-refractivity contribution < 1.29 is 9.53 Å². The standard InChI is InChI=1S/C12H15BrO2/c1-7(2)10-6-12(15-9(4)14)8(3)5-11(10)13/h5-7H,1-4H3. The summed E-state index contributed by atoms with van der Waals surface area (Å²) in [7, 11) is 0. The highest BCUT2D eigenvalue weighted by Crippen LogP contribution is 2.31. The van der Waals surface area contributed by atoms with Gasteiger partial charge < -0.3 is 4.74 Å². The number of benzene rings is 1. The van der Waals surface area contributed by atoms with Gasteiger partial charge in [-0.3, -0.25) is 4.79 Å². The van der Waals surface area contributed by atoms with Crippen LogP contribution in [-0.4, -0.2) is 5.97 Å². The molecule has 82 valence electrons. The van der Waals surface area contributed by atoms with E-state index in [9.17, 15) is 4.79 Å². The van der Waals surface area contributed by atoms with Crippen molar-refractivity contribution in [1.29, 1.82) is 0 Å². The maximum absolute atomic E-state index is 10.9. The van der Waals surface area contributed by atoms with Crippen molar-refractivity contribution in [3.05, 3.63) is 27.7 Å². The predicted molar refractivity (Wildman–Crippen MR) is 64.3 cm³/mol. The lowest BCUT2D eigenvalue weighted by atomic mass is 10.0. The molecule has 0 heterocycles. The molecule has 1 aromatic rings. The molecule has 1 rings (SSSR count). The first kappa shape index (κ1) is 12.2. The first-order chi connectivity index (χ1) is 6.91. The first-order valence-corrected chi connectivity index (χ1v) is 5.69. The van der Waals surface area contributed by atoms with Gasteiger partial charge in [-0.25, -0.2) is 0 Å². The minimum Gasteiger partial charge on any atom is -0.426 e. The predicted octanol–water partition coefficient (Wildman–Crippen LogP) is 3.81. The maximum Gasteiger partial charge on any atom is 0.308 e. The van der Waals surface area contributed by atoms with Crippen molar-refractivity contribution in [2.45, 2.75) is 33.6 Å². The summed E-state index contributed by atoms with van der Waals surface area (Å²) in [6.07, 6.45) is 0. The SMILES string of the molecule is CC(=O)Oc1cc(C(C)C)c(Br)cc1C. The van der Waals surface area contributed by atoms with Gasteiger partial charge in [0, 0.05) is 11.4 Å². The topological polar surface area (TPSA) is 26.3 Å². The van der Waals surface area contributed by atoms with E-state index in [-0.39, 0.29) is 5.97 Å². The van der Waals surface area contributed by atoms with Crippen LogP contribution < -0.4 is 4.74 Å². The Kier molecular flexibility index (Phi) is 3.91. The molecule has 3 heteroatoms. The average molecular weight is 271 g/mol.